The summed E-state index contributed by atoms with van der Waals surface area (Å²) in [6.07, 6.45) is 0.210. The van der Waals surface area contributed by atoms with Crippen molar-refractivity contribution in [2.75, 3.05) is 32.8 Å². The molecule has 0 aromatic heterocycles. The monoisotopic (exact) mass is 300 g/mol. The van der Waals surface area contributed by atoms with Gasteiger partial charge in [0.25, 0.3) is 0 Å². The van der Waals surface area contributed by atoms with Crippen molar-refractivity contribution in [1.29, 1.82) is 0 Å². The fourth-order valence-electron chi connectivity index (χ4n) is 2.40. The van der Waals surface area contributed by atoms with Gasteiger partial charge in [-0.2, -0.15) is 0 Å². The Morgan fingerprint density at radius 2 is 2.35 bits per heavy atom. The molecule has 0 aliphatic carbocycles. The van der Waals surface area contributed by atoms with E-state index in [-0.39, 0.29) is 23.0 Å². The van der Waals surface area contributed by atoms with Crippen LogP contribution in [0.25, 0.3) is 0 Å². The van der Waals surface area contributed by atoms with Gasteiger partial charge in [-0.25, -0.2) is 4.39 Å². The third-order valence-electron chi connectivity index (χ3n) is 3.77. The molecule has 1 aromatic carbocycles. The van der Waals surface area contributed by atoms with Crippen LogP contribution in [0.2, 0.25) is 5.02 Å². The molecule has 1 heterocycles. The van der Waals surface area contributed by atoms with E-state index in [0.29, 0.717) is 0 Å². The lowest BCUT2D eigenvalue weighted by molar-refractivity contribution is -0.0262. The van der Waals surface area contributed by atoms with Crippen LogP contribution in [0, 0.1) is 5.82 Å². The van der Waals surface area contributed by atoms with Crippen LogP contribution in [0.15, 0.2) is 18.2 Å². The lowest BCUT2D eigenvalue weighted by Crippen LogP contribution is -2.46. The first-order valence-electron chi connectivity index (χ1n) is 7.12. The van der Waals surface area contributed by atoms with E-state index in [0.717, 1.165) is 38.3 Å². The number of hydrogen-bond acceptors (Lipinski definition) is 3. The van der Waals surface area contributed by atoms with Crippen molar-refractivity contribution in [3.8, 4) is 0 Å². The molecule has 3 nitrogen and oxygen atoms in total. The first kappa shape index (κ1) is 15.7. The molecular weight excluding hydrogens is 279 g/mol. The van der Waals surface area contributed by atoms with E-state index in [1.54, 1.807) is 12.1 Å². The van der Waals surface area contributed by atoms with Crippen LogP contribution < -0.4 is 5.32 Å². The molecule has 0 radical (unpaired) electrons. The Hall–Kier alpha value is -0.680. The molecule has 0 saturated carbocycles. The van der Waals surface area contributed by atoms with Crippen molar-refractivity contribution in [3.63, 3.8) is 0 Å². The Morgan fingerprint density at radius 1 is 1.55 bits per heavy atom. The van der Waals surface area contributed by atoms with Crippen LogP contribution in [0.5, 0.6) is 0 Å². The molecular formula is C15H22ClFN2O. The summed E-state index contributed by atoms with van der Waals surface area (Å²) >= 11 is 5.81. The quantitative estimate of drug-likeness (QED) is 0.905. The fourth-order valence-corrected chi connectivity index (χ4v) is 2.59. The van der Waals surface area contributed by atoms with Gasteiger partial charge in [-0.15, -0.1) is 0 Å². The number of benzene rings is 1. The first-order chi connectivity index (χ1) is 9.60. The third kappa shape index (κ3) is 4.16. The van der Waals surface area contributed by atoms with Gasteiger partial charge in [0.1, 0.15) is 5.82 Å². The minimum absolute atomic E-state index is 0.119. The van der Waals surface area contributed by atoms with Gasteiger partial charge in [0, 0.05) is 25.7 Å². The number of hydrogen-bond donors (Lipinski definition) is 1. The molecule has 1 fully saturated rings. The van der Waals surface area contributed by atoms with E-state index < -0.39 is 0 Å². The van der Waals surface area contributed by atoms with Crippen LogP contribution in [0.1, 0.15) is 25.5 Å². The summed E-state index contributed by atoms with van der Waals surface area (Å²) in [7, 11) is 0. The molecule has 0 amide bonds. The van der Waals surface area contributed by atoms with Crippen LogP contribution >= 0.6 is 11.6 Å². The zero-order valence-electron chi connectivity index (χ0n) is 12.0. The predicted molar refractivity (Wildman–Crippen MR) is 79.7 cm³/mol. The van der Waals surface area contributed by atoms with Crippen molar-refractivity contribution >= 4 is 11.6 Å². The molecule has 1 saturated heterocycles. The van der Waals surface area contributed by atoms with E-state index in [1.165, 1.54) is 6.07 Å². The van der Waals surface area contributed by atoms with Gasteiger partial charge in [-0.3, -0.25) is 4.90 Å². The second-order valence-electron chi connectivity index (χ2n) is 5.19. The first-order valence-corrected chi connectivity index (χ1v) is 7.50. The number of halogens is 2. The van der Waals surface area contributed by atoms with Crippen LogP contribution in [-0.2, 0) is 4.74 Å². The molecule has 0 bridgehead atoms. The summed E-state index contributed by atoms with van der Waals surface area (Å²) in [4.78, 5) is 2.38. The van der Waals surface area contributed by atoms with E-state index in [9.17, 15) is 4.39 Å². The van der Waals surface area contributed by atoms with Gasteiger partial charge in [0.2, 0.25) is 0 Å². The number of ether oxygens (including phenoxy) is 1. The Kier molecular flexibility index (Phi) is 5.78. The zero-order valence-corrected chi connectivity index (χ0v) is 12.8. The highest BCUT2D eigenvalue weighted by Crippen LogP contribution is 2.20. The van der Waals surface area contributed by atoms with E-state index in [2.05, 4.69) is 17.1 Å². The summed E-state index contributed by atoms with van der Waals surface area (Å²) in [5, 5.41) is 3.60. The molecule has 2 unspecified atom stereocenters. The van der Waals surface area contributed by atoms with E-state index in [1.807, 2.05) is 6.92 Å². The van der Waals surface area contributed by atoms with Gasteiger partial charge < -0.3 is 10.1 Å². The van der Waals surface area contributed by atoms with E-state index in [4.69, 9.17) is 16.3 Å². The smallest absolute Gasteiger partial charge is 0.141 e. The number of nitrogens with zero attached hydrogens (tertiary/aromatic N) is 1. The fraction of sp³-hybridized carbons (Fsp3) is 0.600. The van der Waals surface area contributed by atoms with Crippen molar-refractivity contribution in [2.45, 2.75) is 26.0 Å². The highest BCUT2D eigenvalue weighted by Gasteiger charge is 2.19. The Labute approximate surface area is 125 Å². The molecule has 1 aromatic rings. The van der Waals surface area contributed by atoms with Crippen molar-refractivity contribution < 1.29 is 9.13 Å². The van der Waals surface area contributed by atoms with E-state index >= 15 is 0 Å². The maximum Gasteiger partial charge on any atom is 0.141 e. The molecule has 2 rings (SSSR count). The second kappa shape index (κ2) is 7.36. The lowest BCUT2D eigenvalue weighted by Gasteiger charge is -2.32. The van der Waals surface area contributed by atoms with Gasteiger partial charge in [0.15, 0.2) is 0 Å². The zero-order chi connectivity index (χ0) is 14.5. The number of rotatable bonds is 5. The third-order valence-corrected chi connectivity index (χ3v) is 4.06. The minimum Gasteiger partial charge on any atom is -0.374 e. The molecule has 0 spiro atoms. The Morgan fingerprint density at radius 3 is 3.05 bits per heavy atom. The van der Waals surface area contributed by atoms with Crippen molar-refractivity contribution in [2.24, 2.45) is 0 Å². The molecule has 1 aliphatic rings. The highest BCUT2D eigenvalue weighted by atomic mass is 35.5. The molecule has 112 valence electrons. The molecule has 1 aliphatic heterocycles. The average Bonchev–Trinajstić information content (AvgIpc) is 2.47. The second-order valence-corrected chi connectivity index (χ2v) is 5.60. The topological polar surface area (TPSA) is 24.5 Å². The maximum atomic E-state index is 13.1. The van der Waals surface area contributed by atoms with Gasteiger partial charge in [0.05, 0.1) is 17.7 Å². The summed E-state index contributed by atoms with van der Waals surface area (Å²) in [5.74, 6) is -0.378. The summed E-state index contributed by atoms with van der Waals surface area (Å²) in [6.45, 7) is 8.81. The summed E-state index contributed by atoms with van der Waals surface area (Å²) in [6, 6.07) is 4.97. The van der Waals surface area contributed by atoms with Crippen LogP contribution in [0.3, 0.4) is 0 Å². The van der Waals surface area contributed by atoms with Crippen LogP contribution in [0.4, 0.5) is 4.39 Å². The predicted octanol–water partition coefficient (Wildman–Crippen LogP) is 2.85. The van der Waals surface area contributed by atoms with Crippen LogP contribution in [-0.4, -0.2) is 43.8 Å². The van der Waals surface area contributed by atoms with Gasteiger partial charge in [-0.1, -0.05) is 24.6 Å². The highest BCUT2D eigenvalue weighted by molar-refractivity contribution is 6.30. The minimum atomic E-state index is -0.378. The van der Waals surface area contributed by atoms with Crippen molar-refractivity contribution in [1.82, 2.24) is 10.2 Å². The average molecular weight is 301 g/mol. The molecule has 1 N–H and O–H groups in total. The Bertz CT molecular complexity index is 444. The maximum absolute atomic E-state index is 13.1. The molecule has 20 heavy (non-hydrogen) atoms. The molecule has 5 heteroatoms. The normalized spacial score (nSPS) is 21.9. The SMILES string of the molecule is CCN1CCOC(CNC(C)c2ccc(F)c(Cl)c2)C1. The lowest BCUT2D eigenvalue weighted by atomic mass is 10.1. The van der Waals surface area contributed by atoms with Gasteiger partial charge in [-0.05, 0) is 31.2 Å². The Balaban J connectivity index is 1.85. The summed E-state index contributed by atoms with van der Waals surface area (Å²) in [5.41, 5.74) is 0.986. The standard InChI is InChI=1S/C15H22ClFN2O/c1-3-19-6-7-20-13(10-19)9-18-11(2)12-4-5-15(17)14(16)8-12/h4-5,8,11,13,18H,3,6-7,9-10H2,1-2H3. The number of nitrogens with one attached hydrogen (secondary N) is 1. The largest absolute Gasteiger partial charge is 0.374 e. The summed E-state index contributed by atoms with van der Waals surface area (Å²) < 4.78 is 18.9. The number of likely N-dealkylation sites (N-methyl/N-ethyl adjacent to an activating group) is 1. The number of morpholine rings is 1. The van der Waals surface area contributed by atoms with Gasteiger partial charge >= 0.3 is 0 Å². The van der Waals surface area contributed by atoms with Crippen molar-refractivity contribution in [3.05, 3.63) is 34.6 Å². The molecule has 2 atom stereocenters.